The lowest BCUT2D eigenvalue weighted by atomic mass is 10.5. The van der Waals surface area contributed by atoms with Gasteiger partial charge in [-0.3, -0.25) is 0 Å². The summed E-state index contributed by atoms with van der Waals surface area (Å²) in [7, 11) is 0. The maximum atomic E-state index is 8.08. The smallest absolute Gasteiger partial charge is 0.153 e. The summed E-state index contributed by atoms with van der Waals surface area (Å²) in [6, 6.07) is 1.62. The summed E-state index contributed by atoms with van der Waals surface area (Å²) in [4.78, 5) is 0. The third-order valence-corrected chi connectivity index (χ3v) is 1.07. The number of hydrogen-bond acceptors (Lipinski definition) is 1. The normalized spacial score (nSPS) is 3.70. The first kappa shape index (κ1) is 15.5. The van der Waals surface area contributed by atoms with Crippen LogP contribution in [0, 0.1) is 118 Å². The second-order valence-corrected chi connectivity index (χ2v) is 2.26. The summed E-state index contributed by atoms with van der Waals surface area (Å²) in [5, 5.41) is 8.08. The molecule has 0 aliphatic rings. The second kappa shape index (κ2) is 14.5. The van der Waals surface area contributed by atoms with Crippen molar-refractivity contribution in [3.63, 3.8) is 0 Å². The zero-order valence-electron chi connectivity index (χ0n) is 10.0. The molecule has 0 radical (unpaired) electrons. The standard InChI is InChI=1S/C19HN/c1-2-3-4-5-6-7-8-9-10-11-12-13-14-15-16-17-18-19-20/h1H. The van der Waals surface area contributed by atoms with E-state index >= 15 is 0 Å². The molecule has 0 fully saturated rings. The molecule has 0 rings (SSSR count). The van der Waals surface area contributed by atoms with E-state index in [0.717, 1.165) is 0 Å². The van der Waals surface area contributed by atoms with Gasteiger partial charge in [-0.05, 0) is 47.4 Å². The predicted molar refractivity (Wildman–Crippen MR) is 76.7 cm³/mol. The van der Waals surface area contributed by atoms with Crippen LogP contribution in [0.5, 0.6) is 0 Å². The van der Waals surface area contributed by atoms with E-state index in [1.807, 2.05) is 0 Å². The van der Waals surface area contributed by atoms with Gasteiger partial charge in [-0.2, -0.15) is 5.26 Å². The zero-order valence-corrected chi connectivity index (χ0v) is 10.0. The van der Waals surface area contributed by atoms with Crippen LogP contribution >= 0.6 is 0 Å². The van der Waals surface area contributed by atoms with Crippen LogP contribution in [0.25, 0.3) is 0 Å². The fraction of sp³-hybridized carbons (Fsp3) is 0. The molecule has 0 bridgehead atoms. The fourth-order valence-electron chi connectivity index (χ4n) is 0.502. The van der Waals surface area contributed by atoms with Gasteiger partial charge in [0.05, 0.1) is 0 Å². The Morgan fingerprint density at radius 1 is 0.400 bits per heavy atom. The summed E-state index contributed by atoms with van der Waals surface area (Å²) in [6.07, 6.45) is 4.89. The molecule has 0 aromatic rings. The van der Waals surface area contributed by atoms with Crippen LogP contribution in [0.1, 0.15) is 0 Å². The molecule has 20 heavy (non-hydrogen) atoms. The van der Waals surface area contributed by atoms with Crippen molar-refractivity contribution >= 4 is 0 Å². The fourth-order valence-corrected chi connectivity index (χ4v) is 0.502. The highest BCUT2D eigenvalue weighted by Crippen LogP contribution is 1.58. The van der Waals surface area contributed by atoms with Gasteiger partial charge < -0.3 is 0 Å². The molecule has 0 atom stereocenters. The van der Waals surface area contributed by atoms with E-state index in [4.69, 9.17) is 11.7 Å². The number of terminal acetylenes is 1. The van der Waals surface area contributed by atoms with Gasteiger partial charge in [0.1, 0.15) is 0 Å². The van der Waals surface area contributed by atoms with Crippen molar-refractivity contribution in [2.75, 3.05) is 0 Å². The third kappa shape index (κ3) is 13.5. The topological polar surface area (TPSA) is 23.8 Å². The molecule has 0 aromatic heterocycles. The van der Waals surface area contributed by atoms with Gasteiger partial charge in [-0.25, -0.2) is 0 Å². The number of nitriles is 1. The third-order valence-electron chi connectivity index (χ3n) is 1.07. The highest BCUT2D eigenvalue weighted by molar-refractivity contribution is 5.46. The van der Waals surface area contributed by atoms with Crippen LogP contribution < -0.4 is 0 Å². The first-order chi connectivity index (χ1) is 9.91. The summed E-state index contributed by atoms with van der Waals surface area (Å²) in [5.41, 5.74) is 0. The van der Waals surface area contributed by atoms with Crippen LogP contribution in [0.4, 0.5) is 0 Å². The lowest BCUT2D eigenvalue weighted by Crippen LogP contribution is -1.56. The molecule has 0 aliphatic carbocycles. The molecular weight excluding hydrogens is 242 g/mol. The van der Waals surface area contributed by atoms with Gasteiger partial charge in [0.25, 0.3) is 0 Å². The lowest BCUT2D eigenvalue weighted by Gasteiger charge is -1.56. The van der Waals surface area contributed by atoms with Crippen molar-refractivity contribution < 1.29 is 0 Å². The first-order valence-corrected chi connectivity index (χ1v) is 4.76. The Hall–Kier alpha value is -4.47. The van der Waals surface area contributed by atoms with Gasteiger partial charge in [0, 0.05) is 53.3 Å². The molecule has 0 aliphatic heterocycles. The Labute approximate surface area is 119 Å². The van der Waals surface area contributed by atoms with E-state index in [1.165, 1.54) is 0 Å². The molecule has 1 heteroatoms. The Kier molecular flexibility index (Phi) is 11.3. The van der Waals surface area contributed by atoms with E-state index in [0.29, 0.717) is 0 Å². The highest BCUT2D eigenvalue weighted by Gasteiger charge is 1.58. The largest absolute Gasteiger partial charge is 0.183 e. The molecule has 0 saturated carbocycles. The van der Waals surface area contributed by atoms with Crippen molar-refractivity contribution in [2.45, 2.75) is 0 Å². The number of nitrogens with zero attached hydrogens (tertiary/aromatic N) is 1. The maximum absolute atomic E-state index is 8.08. The van der Waals surface area contributed by atoms with Crippen molar-refractivity contribution in [3.8, 4) is 113 Å². The number of rotatable bonds is 0. The van der Waals surface area contributed by atoms with Gasteiger partial charge >= 0.3 is 0 Å². The molecule has 1 nitrogen and oxygen atoms in total. The van der Waals surface area contributed by atoms with Crippen molar-refractivity contribution in [1.29, 1.82) is 5.26 Å². The molecule has 0 saturated heterocycles. The summed E-state index contributed by atoms with van der Waals surface area (Å²) in [6.45, 7) is 0. The zero-order chi connectivity index (χ0) is 14.7. The Bertz CT molecular complexity index is 863. The van der Waals surface area contributed by atoms with Crippen LogP contribution in [0.15, 0.2) is 0 Å². The quantitative estimate of drug-likeness (QED) is 0.556. The van der Waals surface area contributed by atoms with Gasteiger partial charge in [-0.1, -0.05) is 0 Å². The van der Waals surface area contributed by atoms with E-state index < -0.39 is 0 Å². The Morgan fingerprint density at radius 3 is 0.900 bits per heavy atom. The van der Waals surface area contributed by atoms with E-state index in [2.05, 4.69) is 101 Å². The monoisotopic (exact) mass is 243 g/mol. The Balaban J connectivity index is 4.34. The van der Waals surface area contributed by atoms with Crippen molar-refractivity contribution in [1.82, 2.24) is 0 Å². The van der Waals surface area contributed by atoms with Crippen LogP contribution in [-0.2, 0) is 0 Å². The van der Waals surface area contributed by atoms with Gasteiger partial charge in [-0.15, -0.1) is 6.42 Å². The molecule has 0 aromatic carbocycles. The summed E-state index contributed by atoms with van der Waals surface area (Å²) >= 11 is 0. The molecule has 82 valence electrons. The SMILES string of the molecule is C#CC#CC#CC#CC#CC#CC#CC#CC#CC#N. The molecular formula is C19HN. The molecule has 0 spiro atoms. The summed E-state index contributed by atoms with van der Waals surface area (Å²) < 4.78 is 0. The Morgan fingerprint density at radius 2 is 0.650 bits per heavy atom. The summed E-state index contributed by atoms with van der Waals surface area (Å²) in [5.74, 6) is 40.4. The van der Waals surface area contributed by atoms with Gasteiger partial charge in [0.15, 0.2) is 6.07 Å². The molecule has 0 heterocycles. The van der Waals surface area contributed by atoms with Crippen molar-refractivity contribution in [3.05, 3.63) is 0 Å². The second-order valence-electron chi connectivity index (χ2n) is 2.26. The molecule has 0 N–H and O–H groups in total. The number of hydrogen-bond donors (Lipinski definition) is 0. The average molecular weight is 243 g/mol. The van der Waals surface area contributed by atoms with Crippen molar-refractivity contribution in [2.24, 2.45) is 0 Å². The van der Waals surface area contributed by atoms with Gasteiger partial charge in [0.2, 0.25) is 0 Å². The predicted octanol–water partition coefficient (Wildman–Crippen LogP) is 0.170. The minimum Gasteiger partial charge on any atom is -0.183 e. The lowest BCUT2D eigenvalue weighted by molar-refractivity contribution is 1.55. The maximum Gasteiger partial charge on any atom is 0.153 e. The van der Waals surface area contributed by atoms with E-state index in [9.17, 15) is 0 Å². The van der Waals surface area contributed by atoms with Crippen LogP contribution in [0.2, 0.25) is 0 Å². The first-order valence-electron chi connectivity index (χ1n) is 4.76. The minimum atomic E-state index is 1.62. The van der Waals surface area contributed by atoms with Crippen LogP contribution in [-0.4, -0.2) is 0 Å². The average Bonchev–Trinajstić information content (AvgIpc) is 2.47. The van der Waals surface area contributed by atoms with E-state index in [1.54, 1.807) is 6.07 Å². The highest BCUT2D eigenvalue weighted by atomic mass is 14.2. The van der Waals surface area contributed by atoms with Crippen LogP contribution in [0.3, 0.4) is 0 Å². The molecule has 0 unspecified atom stereocenters. The van der Waals surface area contributed by atoms with E-state index in [-0.39, 0.29) is 0 Å². The molecule has 0 amide bonds. The minimum absolute atomic E-state index is 1.62.